The van der Waals surface area contributed by atoms with Crippen LogP contribution in [-0.4, -0.2) is 38.4 Å². The highest BCUT2D eigenvalue weighted by Crippen LogP contribution is 2.36. The predicted molar refractivity (Wildman–Crippen MR) is 77.8 cm³/mol. The summed E-state index contributed by atoms with van der Waals surface area (Å²) in [6.07, 6.45) is 7.21. The van der Waals surface area contributed by atoms with Crippen LogP contribution in [0.3, 0.4) is 0 Å². The van der Waals surface area contributed by atoms with E-state index < -0.39 is 0 Å². The second kappa shape index (κ2) is 5.01. The maximum atomic E-state index is 12.3. The first-order chi connectivity index (χ1) is 9.58. The largest absolute Gasteiger partial charge is 0.340 e. The highest BCUT2D eigenvalue weighted by atomic mass is 32.1. The van der Waals surface area contributed by atoms with Crippen molar-refractivity contribution < 1.29 is 4.79 Å². The second-order valence-electron chi connectivity index (χ2n) is 5.61. The molecule has 3 heterocycles. The van der Waals surface area contributed by atoms with E-state index in [-0.39, 0.29) is 11.3 Å². The van der Waals surface area contributed by atoms with Crippen molar-refractivity contribution in [3.63, 3.8) is 0 Å². The molecule has 0 spiro atoms. The lowest BCUT2D eigenvalue weighted by Crippen LogP contribution is -2.44. The molecule has 1 aliphatic heterocycles. The van der Waals surface area contributed by atoms with Gasteiger partial charge in [-0.1, -0.05) is 6.92 Å². The van der Waals surface area contributed by atoms with Gasteiger partial charge in [0, 0.05) is 43.3 Å². The van der Waals surface area contributed by atoms with Gasteiger partial charge in [-0.25, -0.2) is 9.97 Å². The number of imidazole rings is 1. The van der Waals surface area contributed by atoms with Gasteiger partial charge in [0.25, 0.3) is 5.91 Å². The van der Waals surface area contributed by atoms with E-state index in [0.29, 0.717) is 5.69 Å². The first-order valence-corrected chi connectivity index (χ1v) is 7.64. The van der Waals surface area contributed by atoms with Crippen molar-refractivity contribution in [3.05, 3.63) is 34.8 Å². The third-order valence-electron chi connectivity index (χ3n) is 4.03. The summed E-state index contributed by atoms with van der Waals surface area (Å²) in [4.78, 5) is 22.8. The molecule has 2 aromatic heterocycles. The molecule has 20 heavy (non-hydrogen) atoms. The molecular formula is C14H18N4OS. The number of nitrogens with zero attached hydrogens (tertiary/aromatic N) is 4. The lowest BCUT2D eigenvalue weighted by atomic mass is 9.81. The number of amides is 1. The van der Waals surface area contributed by atoms with Gasteiger partial charge < -0.3 is 9.47 Å². The van der Waals surface area contributed by atoms with Gasteiger partial charge in [0.1, 0.15) is 5.69 Å². The first kappa shape index (κ1) is 13.3. The molecule has 6 heteroatoms. The minimum Gasteiger partial charge on any atom is -0.340 e. The number of hydrogen-bond donors (Lipinski definition) is 0. The first-order valence-electron chi connectivity index (χ1n) is 6.76. The van der Waals surface area contributed by atoms with E-state index >= 15 is 0 Å². The molecule has 1 aliphatic rings. The summed E-state index contributed by atoms with van der Waals surface area (Å²) in [5.74, 6) is 0.0341. The van der Waals surface area contributed by atoms with Crippen LogP contribution in [0.1, 0.15) is 35.3 Å². The van der Waals surface area contributed by atoms with Crippen LogP contribution in [0, 0.1) is 0 Å². The minimum absolute atomic E-state index is 0.0341. The van der Waals surface area contributed by atoms with Crippen molar-refractivity contribution >= 4 is 17.2 Å². The fourth-order valence-electron chi connectivity index (χ4n) is 2.62. The van der Waals surface area contributed by atoms with Gasteiger partial charge >= 0.3 is 0 Å². The molecule has 0 saturated carbocycles. The van der Waals surface area contributed by atoms with Gasteiger partial charge in [-0.05, 0) is 12.8 Å². The van der Waals surface area contributed by atoms with Crippen LogP contribution in [-0.2, 0) is 12.5 Å². The Hall–Kier alpha value is -1.69. The topological polar surface area (TPSA) is 51.0 Å². The third-order valence-corrected chi connectivity index (χ3v) is 5.11. The molecule has 0 atom stereocenters. The molecule has 0 bridgehead atoms. The Morgan fingerprint density at radius 3 is 2.65 bits per heavy atom. The Balaban J connectivity index is 1.68. The molecule has 1 saturated heterocycles. The molecule has 0 unspecified atom stereocenters. The van der Waals surface area contributed by atoms with Crippen LogP contribution in [0.4, 0.5) is 0 Å². The molecule has 0 radical (unpaired) electrons. The van der Waals surface area contributed by atoms with Crippen molar-refractivity contribution in [3.8, 4) is 0 Å². The zero-order valence-electron chi connectivity index (χ0n) is 11.7. The molecule has 1 amide bonds. The molecule has 0 N–H and O–H groups in total. The normalized spacial score (nSPS) is 18.2. The van der Waals surface area contributed by atoms with E-state index in [2.05, 4.69) is 16.9 Å². The highest BCUT2D eigenvalue weighted by molar-refractivity contribution is 7.09. The zero-order chi connectivity index (χ0) is 14.2. The summed E-state index contributed by atoms with van der Waals surface area (Å²) in [5, 5.41) is 3.20. The Morgan fingerprint density at radius 1 is 1.35 bits per heavy atom. The average Bonchev–Trinajstić information content (AvgIpc) is 3.10. The van der Waals surface area contributed by atoms with Crippen LogP contribution >= 0.6 is 11.3 Å². The quantitative estimate of drug-likeness (QED) is 0.851. The molecule has 1 fully saturated rings. The van der Waals surface area contributed by atoms with Crippen LogP contribution in [0.15, 0.2) is 24.1 Å². The van der Waals surface area contributed by atoms with Crippen LogP contribution < -0.4 is 0 Å². The van der Waals surface area contributed by atoms with Crippen molar-refractivity contribution in [2.75, 3.05) is 13.1 Å². The van der Waals surface area contributed by atoms with Gasteiger partial charge in [0.15, 0.2) is 0 Å². The molecular weight excluding hydrogens is 272 g/mol. The summed E-state index contributed by atoms with van der Waals surface area (Å²) in [6.45, 7) is 3.78. The van der Waals surface area contributed by atoms with E-state index in [9.17, 15) is 4.79 Å². The maximum Gasteiger partial charge on any atom is 0.274 e. The van der Waals surface area contributed by atoms with Gasteiger partial charge in [-0.3, -0.25) is 4.79 Å². The molecule has 2 aromatic rings. The number of carbonyl (C=O) groups is 1. The summed E-state index contributed by atoms with van der Waals surface area (Å²) < 4.78 is 1.80. The summed E-state index contributed by atoms with van der Waals surface area (Å²) in [7, 11) is 1.87. The Labute approximate surface area is 122 Å². The van der Waals surface area contributed by atoms with Gasteiger partial charge in [-0.2, -0.15) is 0 Å². The number of piperidine rings is 1. The molecule has 0 aromatic carbocycles. The number of hydrogen-bond acceptors (Lipinski definition) is 4. The maximum absolute atomic E-state index is 12.3. The number of carbonyl (C=O) groups excluding carboxylic acids is 1. The van der Waals surface area contributed by atoms with Crippen molar-refractivity contribution in [1.82, 2.24) is 19.4 Å². The van der Waals surface area contributed by atoms with E-state index in [0.717, 1.165) is 25.9 Å². The second-order valence-corrected chi connectivity index (χ2v) is 6.51. The SMILES string of the molecule is Cn1cnc(C(=O)N2CCC(C)(c3nccs3)CC2)c1. The smallest absolute Gasteiger partial charge is 0.274 e. The number of aromatic nitrogens is 3. The number of aryl methyl sites for hydroxylation is 1. The van der Waals surface area contributed by atoms with Crippen molar-refractivity contribution in [1.29, 1.82) is 0 Å². The minimum atomic E-state index is 0.0341. The van der Waals surface area contributed by atoms with Gasteiger partial charge in [0.2, 0.25) is 0 Å². The summed E-state index contributed by atoms with van der Waals surface area (Å²) >= 11 is 1.71. The van der Waals surface area contributed by atoms with Crippen LogP contribution in [0.25, 0.3) is 0 Å². The van der Waals surface area contributed by atoms with Crippen molar-refractivity contribution in [2.24, 2.45) is 7.05 Å². The Bertz CT molecular complexity index is 596. The van der Waals surface area contributed by atoms with E-state index in [1.54, 1.807) is 28.4 Å². The Kier molecular flexibility index (Phi) is 3.33. The van der Waals surface area contributed by atoms with E-state index in [1.165, 1.54) is 5.01 Å². The number of thiazole rings is 1. The highest BCUT2D eigenvalue weighted by Gasteiger charge is 2.35. The fraction of sp³-hybridized carbons (Fsp3) is 0.500. The third kappa shape index (κ3) is 2.35. The van der Waals surface area contributed by atoms with Gasteiger partial charge in [-0.15, -0.1) is 11.3 Å². The molecule has 106 valence electrons. The lowest BCUT2D eigenvalue weighted by molar-refractivity contribution is 0.0670. The molecule has 0 aliphatic carbocycles. The van der Waals surface area contributed by atoms with Crippen LogP contribution in [0.2, 0.25) is 0 Å². The predicted octanol–water partition coefficient (Wildman–Crippen LogP) is 2.07. The standard InChI is InChI=1S/C14H18N4OS/c1-14(13-15-5-8-20-13)3-6-18(7-4-14)12(19)11-9-17(2)10-16-11/h5,8-10H,3-4,6-7H2,1-2H3. The molecule has 5 nitrogen and oxygen atoms in total. The summed E-state index contributed by atoms with van der Waals surface area (Å²) in [6, 6.07) is 0. The zero-order valence-corrected chi connectivity index (χ0v) is 12.6. The number of likely N-dealkylation sites (tertiary alicyclic amines) is 1. The molecule has 3 rings (SSSR count). The van der Waals surface area contributed by atoms with E-state index in [4.69, 9.17) is 0 Å². The van der Waals surface area contributed by atoms with Gasteiger partial charge in [0.05, 0.1) is 11.3 Å². The fourth-order valence-corrected chi connectivity index (χ4v) is 3.48. The van der Waals surface area contributed by atoms with E-state index in [1.807, 2.05) is 23.5 Å². The average molecular weight is 290 g/mol. The van der Waals surface area contributed by atoms with Crippen molar-refractivity contribution in [2.45, 2.75) is 25.2 Å². The number of rotatable bonds is 2. The van der Waals surface area contributed by atoms with Crippen LogP contribution in [0.5, 0.6) is 0 Å². The Morgan fingerprint density at radius 2 is 2.10 bits per heavy atom. The summed E-state index contributed by atoms with van der Waals surface area (Å²) in [5.41, 5.74) is 0.639. The lowest BCUT2D eigenvalue weighted by Gasteiger charge is -2.37. The monoisotopic (exact) mass is 290 g/mol.